The van der Waals surface area contributed by atoms with Gasteiger partial charge in [0.2, 0.25) is 5.91 Å². The fourth-order valence-electron chi connectivity index (χ4n) is 4.18. The van der Waals surface area contributed by atoms with Gasteiger partial charge in [0.25, 0.3) is 5.91 Å². The third kappa shape index (κ3) is 3.86. The van der Waals surface area contributed by atoms with Crippen LogP contribution in [0.15, 0.2) is 47.0 Å². The average molecular weight is 379 g/mol. The quantitative estimate of drug-likeness (QED) is 0.818. The summed E-state index contributed by atoms with van der Waals surface area (Å²) in [6.45, 7) is 4.50. The van der Waals surface area contributed by atoms with Crippen LogP contribution in [0.3, 0.4) is 0 Å². The van der Waals surface area contributed by atoms with Crippen LogP contribution in [0.25, 0.3) is 6.08 Å². The van der Waals surface area contributed by atoms with Crippen LogP contribution in [-0.2, 0) is 4.79 Å². The summed E-state index contributed by atoms with van der Waals surface area (Å²) in [4.78, 5) is 28.8. The minimum atomic E-state index is -0.0846. The Balaban J connectivity index is 1.32. The molecule has 0 radical (unpaired) electrons. The number of benzene rings is 1. The van der Waals surface area contributed by atoms with Gasteiger partial charge in [-0.05, 0) is 25.3 Å². The van der Waals surface area contributed by atoms with E-state index in [2.05, 4.69) is 17.3 Å². The number of rotatable bonds is 4. The number of nitrogens with zero attached hydrogens (tertiary/aromatic N) is 3. The number of hydrogen-bond donors (Lipinski definition) is 0. The fourth-order valence-corrected chi connectivity index (χ4v) is 4.18. The first-order chi connectivity index (χ1) is 13.5. The smallest absolute Gasteiger partial charge is 0.276 e. The number of piperidine rings is 1. The lowest BCUT2D eigenvalue weighted by atomic mass is 9.77. The van der Waals surface area contributed by atoms with Gasteiger partial charge in [0, 0.05) is 44.1 Å². The van der Waals surface area contributed by atoms with E-state index in [1.54, 1.807) is 13.0 Å². The standard InChI is InChI=1S/C22H25N3O3/c1-17-14-19(23-28-17)21(27)24-12-9-22(10-13-24)15-20(26)25(16-22)11-5-8-18-6-3-2-4-7-18/h2-8,14H,9-13,15-16H2,1H3/b8-5+. The molecule has 1 aromatic heterocycles. The molecule has 1 spiro atoms. The molecular weight excluding hydrogens is 354 g/mol. The predicted molar refractivity (Wildman–Crippen MR) is 105 cm³/mol. The van der Waals surface area contributed by atoms with E-state index in [0.717, 1.165) is 24.9 Å². The second-order valence-electron chi connectivity index (χ2n) is 7.88. The van der Waals surface area contributed by atoms with Crippen molar-refractivity contribution in [1.29, 1.82) is 0 Å². The van der Waals surface area contributed by atoms with Crippen LogP contribution < -0.4 is 0 Å². The fraction of sp³-hybridized carbons (Fsp3) is 0.409. The first-order valence-corrected chi connectivity index (χ1v) is 9.77. The molecule has 2 aliphatic heterocycles. The number of carbonyl (C=O) groups is 2. The van der Waals surface area contributed by atoms with Crippen LogP contribution in [0, 0.1) is 12.3 Å². The Hall–Kier alpha value is -2.89. The molecule has 2 fully saturated rings. The van der Waals surface area contributed by atoms with Crippen molar-refractivity contribution in [2.45, 2.75) is 26.2 Å². The molecule has 6 nitrogen and oxygen atoms in total. The number of aromatic nitrogens is 1. The van der Waals surface area contributed by atoms with Gasteiger partial charge in [-0.25, -0.2) is 0 Å². The molecule has 0 atom stereocenters. The maximum Gasteiger partial charge on any atom is 0.276 e. The number of hydrogen-bond acceptors (Lipinski definition) is 4. The topological polar surface area (TPSA) is 66.7 Å². The van der Waals surface area contributed by atoms with Crippen molar-refractivity contribution >= 4 is 17.9 Å². The van der Waals surface area contributed by atoms with Crippen LogP contribution >= 0.6 is 0 Å². The molecule has 2 aliphatic rings. The van der Waals surface area contributed by atoms with E-state index in [4.69, 9.17) is 4.52 Å². The molecule has 2 amide bonds. The molecule has 2 saturated heterocycles. The highest BCUT2D eigenvalue weighted by molar-refractivity contribution is 5.92. The Kier molecular flexibility index (Phi) is 5.03. The minimum Gasteiger partial charge on any atom is -0.361 e. The van der Waals surface area contributed by atoms with Crippen molar-refractivity contribution in [3.63, 3.8) is 0 Å². The van der Waals surface area contributed by atoms with Crippen molar-refractivity contribution < 1.29 is 14.1 Å². The molecular formula is C22H25N3O3. The first kappa shape index (κ1) is 18.5. The van der Waals surface area contributed by atoms with Gasteiger partial charge in [-0.1, -0.05) is 47.6 Å². The average Bonchev–Trinajstić information content (AvgIpc) is 3.26. The predicted octanol–water partition coefficient (Wildman–Crippen LogP) is 3.15. The van der Waals surface area contributed by atoms with E-state index in [0.29, 0.717) is 37.5 Å². The minimum absolute atomic E-state index is 0.00576. The highest BCUT2D eigenvalue weighted by Gasteiger charge is 2.45. The Morgan fingerprint density at radius 2 is 2.00 bits per heavy atom. The van der Waals surface area contributed by atoms with Crippen molar-refractivity contribution in [3.8, 4) is 0 Å². The van der Waals surface area contributed by atoms with E-state index >= 15 is 0 Å². The van der Waals surface area contributed by atoms with Gasteiger partial charge in [0.15, 0.2) is 5.69 Å². The third-order valence-electron chi connectivity index (χ3n) is 5.80. The lowest BCUT2D eigenvalue weighted by Crippen LogP contribution is -2.44. The van der Waals surface area contributed by atoms with Gasteiger partial charge in [-0.2, -0.15) is 0 Å². The third-order valence-corrected chi connectivity index (χ3v) is 5.80. The molecule has 3 heterocycles. The highest BCUT2D eigenvalue weighted by Crippen LogP contribution is 2.41. The Morgan fingerprint density at radius 3 is 2.68 bits per heavy atom. The highest BCUT2D eigenvalue weighted by atomic mass is 16.5. The molecule has 28 heavy (non-hydrogen) atoms. The molecule has 1 aromatic carbocycles. The van der Waals surface area contributed by atoms with Gasteiger partial charge in [0.05, 0.1) is 0 Å². The summed E-state index contributed by atoms with van der Waals surface area (Å²) in [5.74, 6) is 0.765. The molecule has 146 valence electrons. The number of aryl methyl sites for hydroxylation is 1. The van der Waals surface area contributed by atoms with Gasteiger partial charge < -0.3 is 14.3 Å². The van der Waals surface area contributed by atoms with Gasteiger partial charge in [-0.3, -0.25) is 9.59 Å². The Labute approximate surface area is 164 Å². The van der Waals surface area contributed by atoms with Crippen LogP contribution in [-0.4, -0.2) is 52.9 Å². The van der Waals surface area contributed by atoms with Crippen LogP contribution in [0.2, 0.25) is 0 Å². The molecule has 4 rings (SSSR count). The van der Waals surface area contributed by atoms with E-state index in [-0.39, 0.29) is 17.2 Å². The second-order valence-corrected chi connectivity index (χ2v) is 7.88. The van der Waals surface area contributed by atoms with Gasteiger partial charge in [0.1, 0.15) is 5.76 Å². The molecule has 0 N–H and O–H groups in total. The molecule has 2 aromatic rings. The first-order valence-electron chi connectivity index (χ1n) is 9.77. The number of carbonyl (C=O) groups excluding carboxylic acids is 2. The summed E-state index contributed by atoms with van der Waals surface area (Å²) in [6.07, 6.45) is 6.38. The maximum atomic E-state index is 12.5. The molecule has 0 aliphatic carbocycles. The SMILES string of the molecule is Cc1cc(C(=O)N2CCC3(CC2)CC(=O)N(C/C=C/c2ccccc2)C3)no1. The zero-order valence-corrected chi connectivity index (χ0v) is 16.1. The van der Waals surface area contributed by atoms with Crippen molar-refractivity contribution in [2.75, 3.05) is 26.2 Å². The zero-order chi connectivity index (χ0) is 19.6. The Bertz CT molecular complexity index is 879. The van der Waals surface area contributed by atoms with Gasteiger partial charge >= 0.3 is 0 Å². The van der Waals surface area contributed by atoms with Gasteiger partial charge in [-0.15, -0.1) is 0 Å². The van der Waals surface area contributed by atoms with Crippen molar-refractivity contribution in [2.24, 2.45) is 5.41 Å². The summed E-state index contributed by atoms with van der Waals surface area (Å²) in [5.41, 5.74) is 1.50. The second kappa shape index (κ2) is 7.62. The molecule has 0 saturated carbocycles. The van der Waals surface area contributed by atoms with E-state index < -0.39 is 0 Å². The summed E-state index contributed by atoms with van der Waals surface area (Å²) >= 11 is 0. The summed E-state index contributed by atoms with van der Waals surface area (Å²) in [6, 6.07) is 11.8. The summed E-state index contributed by atoms with van der Waals surface area (Å²) < 4.78 is 5.01. The maximum absolute atomic E-state index is 12.5. The molecule has 0 bridgehead atoms. The van der Waals surface area contributed by atoms with Crippen molar-refractivity contribution in [1.82, 2.24) is 15.0 Å². The Morgan fingerprint density at radius 1 is 1.25 bits per heavy atom. The lowest BCUT2D eigenvalue weighted by molar-refractivity contribution is -0.127. The van der Waals surface area contributed by atoms with E-state index in [1.165, 1.54) is 0 Å². The lowest BCUT2D eigenvalue weighted by Gasteiger charge is -2.38. The zero-order valence-electron chi connectivity index (χ0n) is 16.1. The monoisotopic (exact) mass is 379 g/mol. The number of likely N-dealkylation sites (tertiary alicyclic amines) is 2. The van der Waals surface area contributed by atoms with E-state index in [1.807, 2.05) is 40.1 Å². The largest absolute Gasteiger partial charge is 0.361 e. The molecule has 6 heteroatoms. The van der Waals surface area contributed by atoms with Crippen LogP contribution in [0.4, 0.5) is 0 Å². The van der Waals surface area contributed by atoms with E-state index in [9.17, 15) is 9.59 Å². The number of amides is 2. The molecule has 0 unspecified atom stereocenters. The van der Waals surface area contributed by atoms with Crippen LogP contribution in [0.1, 0.15) is 41.1 Å². The normalized spacial score (nSPS) is 19.1. The van der Waals surface area contributed by atoms with Crippen molar-refractivity contribution in [3.05, 3.63) is 59.5 Å². The summed E-state index contributed by atoms with van der Waals surface area (Å²) in [7, 11) is 0. The summed E-state index contributed by atoms with van der Waals surface area (Å²) in [5, 5.41) is 3.83. The van der Waals surface area contributed by atoms with Crippen LogP contribution in [0.5, 0.6) is 0 Å².